The molecule has 3 aromatic carbocycles. The lowest BCUT2D eigenvalue weighted by molar-refractivity contribution is -0.122. The maximum atomic E-state index is 13.1. The lowest BCUT2D eigenvalue weighted by atomic mass is 9.97. The highest BCUT2D eigenvalue weighted by molar-refractivity contribution is 6.42. The second-order valence-corrected chi connectivity index (χ2v) is 8.57. The third kappa shape index (κ3) is 7.14. The monoisotopic (exact) mass is 499 g/mol. The van der Waals surface area contributed by atoms with Gasteiger partial charge in [0.25, 0.3) is 5.91 Å². The SMILES string of the molecule is COc1ccc(NCCNC(=O)C(CNC(=O)c2cccc(C)c2)c2ccc(Cl)c(Cl)c2)cc1. The average molecular weight is 500 g/mol. The molecule has 0 radical (unpaired) electrons. The van der Waals surface area contributed by atoms with E-state index in [4.69, 9.17) is 27.9 Å². The number of nitrogens with one attached hydrogen (secondary N) is 3. The lowest BCUT2D eigenvalue weighted by Crippen LogP contribution is -2.39. The molecule has 0 aliphatic heterocycles. The molecule has 2 amide bonds. The minimum Gasteiger partial charge on any atom is -0.497 e. The van der Waals surface area contributed by atoms with Crippen molar-refractivity contribution in [3.8, 4) is 5.75 Å². The van der Waals surface area contributed by atoms with Crippen molar-refractivity contribution >= 4 is 40.7 Å². The van der Waals surface area contributed by atoms with Crippen molar-refractivity contribution in [2.75, 3.05) is 32.1 Å². The van der Waals surface area contributed by atoms with E-state index in [0.717, 1.165) is 17.0 Å². The standard InChI is InChI=1S/C26H27Cl2N3O3/c1-17-4-3-5-19(14-17)25(32)31-16-22(18-6-11-23(27)24(28)15-18)26(33)30-13-12-29-20-7-9-21(34-2)10-8-20/h3-11,14-15,22,29H,12-13,16H2,1-2H3,(H,30,33)(H,31,32). The molecule has 0 bridgehead atoms. The summed E-state index contributed by atoms with van der Waals surface area (Å²) in [6, 6.07) is 19.8. The molecule has 3 N–H and O–H groups in total. The van der Waals surface area contributed by atoms with E-state index in [1.807, 2.05) is 43.3 Å². The van der Waals surface area contributed by atoms with Crippen molar-refractivity contribution < 1.29 is 14.3 Å². The first-order valence-electron chi connectivity index (χ1n) is 10.8. The van der Waals surface area contributed by atoms with Gasteiger partial charge in [-0.1, -0.05) is 47.0 Å². The summed E-state index contributed by atoms with van der Waals surface area (Å²) >= 11 is 12.2. The topological polar surface area (TPSA) is 79.5 Å². The van der Waals surface area contributed by atoms with Crippen molar-refractivity contribution in [3.05, 3.63) is 93.5 Å². The van der Waals surface area contributed by atoms with Crippen LogP contribution in [0.5, 0.6) is 5.75 Å². The predicted octanol–water partition coefficient (Wildman–Crippen LogP) is 5.05. The zero-order chi connectivity index (χ0) is 24.5. The predicted molar refractivity (Wildman–Crippen MR) is 137 cm³/mol. The molecule has 1 unspecified atom stereocenters. The smallest absolute Gasteiger partial charge is 0.251 e. The number of benzene rings is 3. The van der Waals surface area contributed by atoms with E-state index >= 15 is 0 Å². The van der Waals surface area contributed by atoms with Gasteiger partial charge in [-0.2, -0.15) is 0 Å². The molecule has 0 aliphatic carbocycles. The van der Waals surface area contributed by atoms with Gasteiger partial charge in [-0.3, -0.25) is 9.59 Å². The van der Waals surface area contributed by atoms with Gasteiger partial charge in [-0.05, 0) is 61.0 Å². The first-order chi connectivity index (χ1) is 16.4. The third-order valence-corrected chi connectivity index (χ3v) is 5.99. The Hall–Kier alpha value is -3.22. The minimum absolute atomic E-state index is 0.114. The number of hydrogen-bond acceptors (Lipinski definition) is 4. The van der Waals surface area contributed by atoms with Gasteiger partial charge in [0.15, 0.2) is 0 Å². The zero-order valence-electron chi connectivity index (χ0n) is 19.0. The van der Waals surface area contributed by atoms with Crippen LogP contribution in [0.25, 0.3) is 0 Å². The Morgan fingerprint density at radius 3 is 2.35 bits per heavy atom. The van der Waals surface area contributed by atoms with Crippen LogP contribution in [0.3, 0.4) is 0 Å². The molecule has 3 aromatic rings. The summed E-state index contributed by atoms with van der Waals surface area (Å²) in [5.41, 5.74) is 3.11. The fraction of sp³-hybridized carbons (Fsp3) is 0.231. The summed E-state index contributed by atoms with van der Waals surface area (Å²) in [5.74, 6) is -0.331. The van der Waals surface area contributed by atoms with Crippen molar-refractivity contribution in [2.24, 2.45) is 0 Å². The Morgan fingerprint density at radius 2 is 1.68 bits per heavy atom. The first kappa shape index (κ1) is 25.4. The third-order valence-electron chi connectivity index (χ3n) is 5.25. The molecule has 0 saturated carbocycles. The number of halogens is 2. The van der Waals surface area contributed by atoms with Crippen LogP contribution in [0.4, 0.5) is 5.69 Å². The Balaban J connectivity index is 1.62. The maximum absolute atomic E-state index is 13.1. The van der Waals surface area contributed by atoms with Crippen molar-refractivity contribution in [3.63, 3.8) is 0 Å². The zero-order valence-corrected chi connectivity index (χ0v) is 20.5. The summed E-state index contributed by atoms with van der Waals surface area (Å²) in [4.78, 5) is 25.7. The van der Waals surface area contributed by atoms with Gasteiger partial charge in [0.1, 0.15) is 5.75 Å². The molecule has 0 heterocycles. The van der Waals surface area contributed by atoms with Crippen molar-refractivity contribution in [1.29, 1.82) is 0 Å². The van der Waals surface area contributed by atoms with Gasteiger partial charge in [0, 0.05) is 30.9 Å². The van der Waals surface area contributed by atoms with Gasteiger partial charge in [0.05, 0.1) is 23.1 Å². The van der Waals surface area contributed by atoms with E-state index in [1.54, 1.807) is 37.4 Å². The average Bonchev–Trinajstić information content (AvgIpc) is 2.84. The van der Waals surface area contributed by atoms with E-state index < -0.39 is 5.92 Å². The number of carbonyl (C=O) groups excluding carboxylic acids is 2. The summed E-state index contributed by atoms with van der Waals surface area (Å²) in [7, 11) is 1.62. The Morgan fingerprint density at radius 1 is 0.912 bits per heavy atom. The number of anilines is 1. The number of hydrogen-bond donors (Lipinski definition) is 3. The second kappa shape index (κ2) is 12.3. The Labute approximate surface area is 209 Å². The van der Waals surface area contributed by atoms with Crippen LogP contribution in [0, 0.1) is 6.92 Å². The Kier molecular flexibility index (Phi) is 9.19. The maximum Gasteiger partial charge on any atom is 0.251 e. The van der Waals surface area contributed by atoms with E-state index in [0.29, 0.717) is 34.3 Å². The first-order valence-corrected chi connectivity index (χ1v) is 11.6. The highest BCUT2D eigenvalue weighted by atomic mass is 35.5. The molecule has 0 aromatic heterocycles. The van der Waals surface area contributed by atoms with Crippen LogP contribution < -0.4 is 20.7 Å². The highest BCUT2D eigenvalue weighted by Gasteiger charge is 2.22. The summed E-state index contributed by atoms with van der Waals surface area (Å²) in [5, 5.41) is 9.79. The van der Waals surface area contributed by atoms with E-state index in [2.05, 4.69) is 16.0 Å². The van der Waals surface area contributed by atoms with Crippen LogP contribution in [0.1, 0.15) is 27.4 Å². The van der Waals surface area contributed by atoms with Gasteiger partial charge in [-0.15, -0.1) is 0 Å². The number of carbonyl (C=O) groups is 2. The number of ether oxygens (including phenoxy) is 1. The largest absolute Gasteiger partial charge is 0.497 e. The van der Waals surface area contributed by atoms with Gasteiger partial charge in [-0.25, -0.2) is 0 Å². The molecule has 178 valence electrons. The Bertz CT molecular complexity index is 1140. The summed E-state index contributed by atoms with van der Waals surface area (Å²) in [6.07, 6.45) is 0. The molecular weight excluding hydrogens is 473 g/mol. The van der Waals surface area contributed by atoms with Gasteiger partial charge < -0.3 is 20.7 Å². The number of aryl methyl sites for hydroxylation is 1. The molecule has 0 aliphatic rings. The number of amides is 2. The number of methoxy groups -OCH3 is 1. The normalized spacial score (nSPS) is 11.4. The molecule has 8 heteroatoms. The van der Waals surface area contributed by atoms with Crippen molar-refractivity contribution in [1.82, 2.24) is 10.6 Å². The fourth-order valence-corrected chi connectivity index (χ4v) is 3.71. The molecule has 0 fully saturated rings. The van der Waals surface area contributed by atoms with Crippen LogP contribution in [0.15, 0.2) is 66.7 Å². The second-order valence-electron chi connectivity index (χ2n) is 7.75. The quantitative estimate of drug-likeness (QED) is 0.341. The minimum atomic E-state index is -0.635. The lowest BCUT2D eigenvalue weighted by Gasteiger charge is -2.19. The summed E-state index contributed by atoms with van der Waals surface area (Å²) in [6.45, 7) is 2.96. The molecular formula is C26H27Cl2N3O3. The van der Waals surface area contributed by atoms with Gasteiger partial charge in [0.2, 0.25) is 5.91 Å². The fourth-order valence-electron chi connectivity index (χ4n) is 3.40. The van der Waals surface area contributed by atoms with E-state index in [1.165, 1.54) is 0 Å². The van der Waals surface area contributed by atoms with E-state index in [-0.39, 0.29) is 18.4 Å². The van der Waals surface area contributed by atoms with Crippen LogP contribution in [-0.2, 0) is 4.79 Å². The highest BCUT2D eigenvalue weighted by Crippen LogP contribution is 2.26. The summed E-state index contributed by atoms with van der Waals surface area (Å²) < 4.78 is 5.15. The molecule has 6 nitrogen and oxygen atoms in total. The molecule has 3 rings (SSSR count). The van der Waals surface area contributed by atoms with Crippen LogP contribution >= 0.6 is 23.2 Å². The molecule has 0 saturated heterocycles. The van der Waals surface area contributed by atoms with E-state index in [9.17, 15) is 9.59 Å². The van der Waals surface area contributed by atoms with Crippen molar-refractivity contribution in [2.45, 2.75) is 12.8 Å². The molecule has 0 spiro atoms. The van der Waals surface area contributed by atoms with Crippen LogP contribution in [0.2, 0.25) is 10.0 Å². The van der Waals surface area contributed by atoms with Crippen LogP contribution in [-0.4, -0.2) is 38.6 Å². The molecule has 34 heavy (non-hydrogen) atoms. The molecule has 1 atom stereocenters. The number of rotatable bonds is 10. The van der Waals surface area contributed by atoms with Gasteiger partial charge >= 0.3 is 0 Å².